The molecule has 1 unspecified atom stereocenters. The number of thiazole rings is 1. The molecule has 3 heterocycles. The van der Waals surface area contributed by atoms with Crippen molar-refractivity contribution in [3.8, 4) is 0 Å². The van der Waals surface area contributed by atoms with Crippen LogP contribution >= 0.6 is 11.3 Å². The fourth-order valence-electron chi connectivity index (χ4n) is 3.03. The normalized spacial score (nSPS) is 20.8. The number of morpholine rings is 1. The van der Waals surface area contributed by atoms with Crippen LogP contribution in [0.3, 0.4) is 0 Å². The number of hydrogen-bond acceptors (Lipinski definition) is 9. The zero-order valence-electron chi connectivity index (χ0n) is 15.0. The highest BCUT2D eigenvalue weighted by Crippen LogP contribution is 2.18. The van der Waals surface area contributed by atoms with Crippen LogP contribution in [-0.4, -0.2) is 78.8 Å². The molecule has 0 aliphatic carbocycles. The van der Waals surface area contributed by atoms with E-state index in [4.69, 9.17) is 14.6 Å². The Balaban J connectivity index is 1.69. The van der Waals surface area contributed by atoms with Crippen molar-refractivity contribution < 1.29 is 24.2 Å². The first-order chi connectivity index (χ1) is 13.1. The monoisotopic (exact) mass is 394 g/mol. The number of ether oxygens (including phenoxy) is 2. The summed E-state index contributed by atoms with van der Waals surface area (Å²) in [7, 11) is 1.35. The summed E-state index contributed by atoms with van der Waals surface area (Å²) in [4.78, 5) is 33.7. The maximum atomic E-state index is 12.1. The van der Waals surface area contributed by atoms with E-state index in [9.17, 15) is 9.59 Å². The minimum atomic E-state index is -0.829. The second-order valence-corrected chi connectivity index (χ2v) is 7.13. The van der Waals surface area contributed by atoms with Gasteiger partial charge >= 0.3 is 11.9 Å². The van der Waals surface area contributed by atoms with Crippen LogP contribution in [0.15, 0.2) is 27.8 Å². The Kier molecular flexibility index (Phi) is 6.54. The highest BCUT2D eigenvalue weighted by Gasteiger charge is 2.27. The van der Waals surface area contributed by atoms with Crippen LogP contribution in [0.4, 0.5) is 0 Å². The van der Waals surface area contributed by atoms with Crippen molar-refractivity contribution in [3.05, 3.63) is 27.9 Å². The van der Waals surface area contributed by atoms with Gasteiger partial charge in [0.15, 0.2) is 10.8 Å². The SMILES string of the molecule is COC(=O)C1=C(CN2CCOC(CCC(=O)O)C2)NC(c2nccs2)=NC1. The van der Waals surface area contributed by atoms with Gasteiger partial charge in [0.05, 0.1) is 31.9 Å². The molecule has 9 nitrogen and oxygen atoms in total. The molecule has 0 spiro atoms. The Morgan fingerprint density at radius 2 is 2.37 bits per heavy atom. The smallest absolute Gasteiger partial charge is 0.337 e. The van der Waals surface area contributed by atoms with E-state index in [0.29, 0.717) is 44.1 Å². The van der Waals surface area contributed by atoms with E-state index in [1.54, 1.807) is 6.20 Å². The number of amidine groups is 1. The van der Waals surface area contributed by atoms with Gasteiger partial charge < -0.3 is 19.9 Å². The predicted molar refractivity (Wildman–Crippen MR) is 98.7 cm³/mol. The fourth-order valence-corrected chi connectivity index (χ4v) is 3.63. The lowest BCUT2D eigenvalue weighted by Crippen LogP contribution is -2.46. The number of carboxylic acid groups (broad SMARTS) is 1. The summed E-state index contributed by atoms with van der Waals surface area (Å²) in [6.07, 6.45) is 2.12. The number of esters is 1. The molecule has 3 rings (SSSR count). The van der Waals surface area contributed by atoms with Gasteiger partial charge in [-0.05, 0) is 6.42 Å². The number of methoxy groups -OCH3 is 1. The molecule has 0 amide bonds. The zero-order chi connectivity index (χ0) is 19.2. The largest absolute Gasteiger partial charge is 0.481 e. The highest BCUT2D eigenvalue weighted by atomic mass is 32.1. The number of nitrogens with one attached hydrogen (secondary N) is 1. The molecule has 1 saturated heterocycles. The number of carbonyl (C=O) groups is 2. The van der Waals surface area contributed by atoms with E-state index in [-0.39, 0.29) is 19.1 Å². The Labute approximate surface area is 160 Å². The first-order valence-corrected chi connectivity index (χ1v) is 9.52. The number of carboxylic acids is 1. The van der Waals surface area contributed by atoms with E-state index in [2.05, 4.69) is 20.2 Å². The molecule has 1 aromatic rings. The first kappa shape index (κ1) is 19.5. The van der Waals surface area contributed by atoms with Crippen molar-refractivity contribution in [2.24, 2.45) is 4.99 Å². The second kappa shape index (κ2) is 9.07. The number of nitrogens with zero attached hydrogens (tertiary/aromatic N) is 3. The van der Waals surface area contributed by atoms with E-state index < -0.39 is 11.9 Å². The van der Waals surface area contributed by atoms with Crippen LogP contribution < -0.4 is 5.32 Å². The van der Waals surface area contributed by atoms with Crippen LogP contribution in [-0.2, 0) is 19.1 Å². The number of aliphatic imine (C=N–C) groups is 1. The number of carbonyl (C=O) groups excluding carboxylic acids is 1. The zero-order valence-corrected chi connectivity index (χ0v) is 15.8. The molecule has 0 radical (unpaired) electrons. The average molecular weight is 394 g/mol. The molecule has 146 valence electrons. The lowest BCUT2D eigenvalue weighted by Gasteiger charge is -2.34. The van der Waals surface area contributed by atoms with Gasteiger partial charge in [-0.3, -0.25) is 14.7 Å². The topological polar surface area (TPSA) is 113 Å². The Morgan fingerprint density at radius 1 is 1.52 bits per heavy atom. The molecule has 2 N–H and O–H groups in total. The average Bonchev–Trinajstić information content (AvgIpc) is 3.21. The van der Waals surface area contributed by atoms with Crippen LogP contribution in [0.5, 0.6) is 0 Å². The van der Waals surface area contributed by atoms with Crippen LogP contribution in [0.25, 0.3) is 0 Å². The van der Waals surface area contributed by atoms with Gasteiger partial charge in [0.1, 0.15) is 0 Å². The molecule has 0 bridgehead atoms. The maximum absolute atomic E-state index is 12.1. The Bertz CT molecular complexity index is 747. The summed E-state index contributed by atoms with van der Waals surface area (Å²) < 4.78 is 10.6. The molecular weight excluding hydrogens is 372 g/mol. The van der Waals surface area contributed by atoms with Crippen molar-refractivity contribution in [1.29, 1.82) is 0 Å². The molecule has 2 aliphatic rings. The van der Waals surface area contributed by atoms with E-state index in [1.807, 2.05) is 5.38 Å². The van der Waals surface area contributed by atoms with Crippen LogP contribution in [0, 0.1) is 0 Å². The summed E-state index contributed by atoms with van der Waals surface area (Å²) in [6, 6.07) is 0. The second-order valence-electron chi connectivity index (χ2n) is 6.24. The van der Waals surface area contributed by atoms with Gasteiger partial charge in [0, 0.05) is 43.3 Å². The van der Waals surface area contributed by atoms with Gasteiger partial charge in [0.2, 0.25) is 0 Å². The van der Waals surface area contributed by atoms with Crippen LogP contribution in [0.1, 0.15) is 17.8 Å². The third-order valence-electron chi connectivity index (χ3n) is 4.38. The molecule has 0 aromatic carbocycles. The van der Waals surface area contributed by atoms with Gasteiger partial charge in [-0.15, -0.1) is 11.3 Å². The molecule has 1 atom stereocenters. The third kappa shape index (κ3) is 5.12. The molecular formula is C17H22N4O5S. The molecule has 27 heavy (non-hydrogen) atoms. The predicted octanol–water partition coefficient (Wildman–Crippen LogP) is 0.486. The summed E-state index contributed by atoms with van der Waals surface area (Å²) >= 11 is 1.47. The van der Waals surface area contributed by atoms with E-state index >= 15 is 0 Å². The summed E-state index contributed by atoms with van der Waals surface area (Å²) in [5.74, 6) is -0.594. The maximum Gasteiger partial charge on any atom is 0.337 e. The highest BCUT2D eigenvalue weighted by molar-refractivity contribution is 7.11. The van der Waals surface area contributed by atoms with Gasteiger partial charge in [-0.1, -0.05) is 0 Å². The number of aromatic nitrogens is 1. The van der Waals surface area contributed by atoms with Gasteiger partial charge in [-0.2, -0.15) is 0 Å². The Morgan fingerprint density at radius 3 is 3.07 bits per heavy atom. The number of hydrogen-bond donors (Lipinski definition) is 2. The minimum Gasteiger partial charge on any atom is -0.481 e. The van der Waals surface area contributed by atoms with Crippen molar-refractivity contribution >= 4 is 29.1 Å². The van der Waals surface area contributed by atoms with Crippen molar-refractivity contribution in [2.75, 3.05) is 39.9 Å². The standard InChI is InChI=1S/C17H22N4O5S/c1-25-17(24)12-8-19-15(16-18-4-7-27-16)20-13(12)10-21-5-6-26-11(9-21)2-3-14(22)23/h4,7,11H,2-3,5-6,8-10H2,1H3,(H,19,20)(H,22,23). The first-order valence-electron chi connectivity index (χ1n) is 8.64. The summed E-state index contributed by atoms with van der Waals surface area (Å²) in [5, 5.41) is 14.7. The minimum absolute atomic E-state index is 0.0771. The molecule has 1 fully saturated rings. The summed E-state index contributed by atoms with van der Waals surface area (Å²) in [6.45, 7) is 2.57. The molecule has 2 aliphatic heterocycles. The van der Waals surface area contributed by atoms with Crippen molar-refractivity contribution in [1.82, 2.24) is 15.2 Å². The van der Waals surface area contributed by atoms with Crippen molar-refractivity contribution in [3.63, 3.8) is 0 Å². The summed E-state index contributed by atoms with van der Waals surface area (Å²) in [5.41, 5.74) is 1.23. The lowest BCUT2D eigenvalue weighted by molar-refractivity contribution is -0.138. The van der Waals surface area contributed by atoms with Gasteiger partial charge in [-0.25, -0.2) is 9.78 Å². The third-order valence-corrected chi connectivity index (χ3v) is 5.16. The van der Waals surface area contributed by atoms with Crippen molar-refractivity contribution in [2.45, 2.75) is 18.9 Å². The quantitative estimate of drug-likeness (QED) is 0.642. The van der Waals surface area contributed by atoms with Crippen LogP contribution in [0.2, 0.25) is 0 Å². The van der Waals surface area contributed by atoms with Gasteiger partial charge in [0.25, 0.3) is 0 Å². The number of rotatable bonds is 7. The molecule has 10 heteroatoms. The molecule has 0 saturated carbocycles. The van der Waals surface area contributed by atoms with E-state index in [0.717, 1.165) is 10.7 Å². The van der Waals surface area contributed by atoms with E-state index in [1.165, 1.54) is 18.4 Å². The molecule has 1 aromatic heterocycles. The number of aliphatic carboxylic acids is 1. The fraction of sp³-hybridized carbons (Fsp3) is 0.529. The lowest BCUT2D eigenvalue weighted by atomic mass is 10.1. The Hall–Kier alpha value is -2.30.